The van der Waals surface area contributed by atoms with Gasteiger partial charge in [-0.15, -0.1) is 0 Å². The van der Waals surface area contributed by atoms with Gasteiger partial charge < -0.3 is 5.73 Å². The van der Waals surface area contributed by atoms with Gasteiger partial charge in [-0.3, -0.25) is 0 Å². The Morgan fingerprint density at radius 1 is 1.29 bits per heavy atom. The molecule has 0 fully saturated rings. The smallest absolute Gasteiger partial charge is 0.0817 e. The lowest BCUT2D eigenvalue weighted by Gasteiger charge is -2.02. The lowest BCUT2D eigenvalue weighted by molar-refractivity contribution is -0.416. The van der Waals surface area contributed by atoms with E-state index in [1.165, 1.54) is 6.42 Å². The normalized spacial score (nSPS) is 15.0. The molecule has 0 aliphatic heterocycles. The molecule has 1 nitrogen and oxygen atoms in total. The van der Waals surface area contributed by atoms with E-state index in [0.717, 1.165) is 5.92 Å². The van der Waals surface area contributed by atoms with Crippen LogP contribution in [0.15, 0.2) is 0 Å². The minimum atomic E-state index is 0.625. The highest BCUT2D eigenvalue weighted by Crippen LogP contribution is 1.99. The number of rotatable bonds is 2. The van der Waals surface area contributed by atoms with Gasteiger partial charge in [0, 0.05) is 6.42 Å². The predicted octanol–water partition coefficient (Wildman–Crippen LogP) is 0.663. The molecule has 0 aromatic rings. The first kappa shape index (κ1) is 6.96. The summed E-state index contributed by atoms with van der Waals surface area (Å²) in [4.78, 5) is 0. The van der Waals surface area contributed by atoms with Gasteiger partial charge in [-0.25, -0.2) is 0 Å². The third-order valence-corrected chi connectivity index (χ3v) is 0.874. The lowest BCUT2D eigenvalue weighted by atomic mass is 10.1. The van der Waals surface area contributed by atoms with Crippen LogP contribution in [0.2, 0.25) is 0 Å². The van der Waals surface area contributed by atoms with Crippen molar-refractivity contribution >= 4 is 0 Å². The van der Waals surface area contributed by atoms with Crippen molar-refractivity contribution in [2.24, 2.45) is 5.92 Å². The van der Waals surface area contributed by atoms with Gasteiger partial charge in [0.1, 0.15) is 0 Å². The SMILES string of the molecule is CC(C)C[C@H](C)[NH3+]. The molecule has 0 spiro atoms. The molecule has 0 saturated heterocycles. The Bertz CT molecular complexity index is 33.4. The molecule has 1 heteroatoms. The fourth-order valence-corrected chi connectivity index (χ4v) is 0.805. The maximum atomic E-state index is 3.88. The van der Waals surface area contributed by atoms with Crippen molar-refractivity contribution in [1.29, 1.82) is 0 Å². The number of hydrogen-bond donors (Lipinski definition) is 1. The van der Waals surface area contributed by atoms with E-state index in [2.05, 4.69) is 26.5 Å². The second-order valence-electron chi connectivity index (χ2n) is 2.73. The molecule has 0 aromatic heterocycles. The maximum Gasteiger partial charge on any atom is 0.0817 e. The highest BCUT2D eigenvalue weighted by Gasteiger charge is 1.99. The standard InChI is InChI=1S/C6H15N/c1-5(2)4-6(3)7/h5-6H,4,7H2,1-3H3/p+1/t6-/m0/s1. The van der Waals surface area contributed by atoms with Gasteiger partial charge in [0.15, 0.2) is 0 Å². The largest absolute Gasteiger partial charge is 0.355 e. The maximum absolute atomic E-state index is 3.88. The summed E-state index contributed by atoms with van der Waals surface area (Å²) in [5.74, 6) is 0.812. The van der Waals surface area contributed by atoms with E-state index < -0.39 is 0 Å². The third-order valence-electron chi connectivity index (χ3n) is 0.874. The molecule has 0 aromatic carbocycles. The van der Waals surface area contributed by atoms with E-state index in [1.54, 1.807) is 0 Å². The molecule has 0 heterocycles. The Balaban J connectivity index is 2.95. The van der Waals surface area contributed by atoms with Crippen molar-refractivity contribution in [3.63, 3.8) is 0 Å². The van der Waals surface area contributed by atoms with Crippen LogP contribution >= 0.6 is 0 Å². The van der Waals surface area contributed by atoms with Crippen LogP contribution < -0.4 is 5.73 Å². The molecule has 0 saturated carbocycles. The second kappa shape index (κ2) is 3.03. The van der Waals surface area contributed by atoms with Gasteiger partial charge in [-0.05, 0) is 12.8 Å². The van der Waals surface area contributed by atoms with Crippen molar-refractivity contribution in [2.75, 3.05) is 0 Å². The summed E-state index contributed by atoms with van der Waals surface area (Å²) in [6, 6.07) is 0.625. The first-order chi connectivity index (χ1) is 3.13. The van der Waals surface area contributed by atoms with E-state index in [1.807, 2.05) is 0 Å². The van der Waals surface area contributed by atoms with Crippen LogP contribution in [0.1, 0.15) is 27.2 Å². The first-order valence-electron chi connectivity index (χ1n) is 2.96. The van der Waals surface area contributed by atoms with Gasteiger partial charge in [0.25, 0.3) is 0 Å². The molecule has 0 unspecified atom stereocenters. The fraction of sp³-hybridized carbons (Fsp3) is 1.00. The van der Waals surface area contributed by atoms with Crippen molar-refractivity contribution in [3.8, 4) is 0 Å². The average molecular weight is 102 g/mol. The summed E-state index contributed by atoms with van der Waals surface area (Å²) in [6.45, 7) is 6.60. The summed E-state index contributed by atoms with van der Waals surface area (Å²) >= 11 is 0. The van der Waals surface area contributed by atoms with Crippen LogP contribution in [0, 0.1) is 5.92 Å². The van der Waals surface area contributed by atoms with E-state index in [9.17, 15) is 0 Å². The molecule has 0 aliphatic carbocycles. The summed E-state index contributed by atoms with van der Waals surface area (Å²) in [5.41, 5.74) is 3.88. The van der Waals surface area contributed by atoms with Crippen LogP contribution in [0.25, 0.3) is 0 Å². The van der Waals surface area contributed by atoms with E-state index in [-0.39, 0.29) is 0 Å². The number of quaternary nitrogens is 1. The van der Waals surface area contributed by atoms with Crippen LogP contribution in [-0.4, -0.2) is 6.04 Å². The van der Waals surface area contributed by atoms with Crippen molar-refractivity contribution in [2.45, 2.75) is 33.2 Å². The fourth-order valence-electron chi connectivity index (χ4n) is 0.805. The van der Waals surface area contributed by atoms with E-state index >= 15 is 0 Å². The summed E-state index contributed by atoms with van der Waals surface area (Å²) in [7, 11) is 0. The Morgan fingerprint density at radius 2 is 1.71 bits per heavy atom. The highest BCUT2D eigenvalue weighted by atomic mass is 14.6. The zero-order chi connectivity index (χ0) is 5.86. The van der Waals surface area contributed by atoms with Crippen molar-refractivity contribution < 1.29 is 5.73 Å². The molecule has 7 heavy (non-hydrogen) atoms. The summed E-state index contributed by atoms with van der Waals surface area (Å²) in [6.07, 6.45) is 1.25. The van der Waals surface area contributed by atoms with Crippen molar-refractivity contribution in [1.82, 2.24) is 0 Å². The Kier molecular flexibility index (Phi) is 3.01. The molecule has 44 valence electrons. The Labute approximate surface area is 45.9 Å². The quantitative estimate of drug-likeness (QED) is 0.530. The Hall–Kier alpha value is -0.0400. The predicted molar refractivity (Wildman–Crippen MR) is 31.8 cm³/mol. The highest BCUT2D eigenvalue weighted by molar-refractivity contribution is 4.47. The molecule has 0 amide bonds. The minimum absolute atomic E-state index is 0.625. The van der Waals surface area contributed by atoms with E-state index in [0.29, 0.717) is 6.04 Å². The van der Waals surface area contributed by atoms with Crippen LogP contribution in [0.3, 0.4) is 0 Å². The van der Waals surface area contributed by atoms with Gasteiger partial charge in [0.2, 0.25) is 0 Å². The van der Waals surface area contributed by atoms with Gasteiger partial charge >= 0.3 is 0 Å². The zero-order valence-electron chi connectivity index (χ0n) is 5.57. The zero-order valence-corrected chi connectivity index (χ0v) is 5.57. The second-order valence-corrected chi connectivity index (χ2v) is 2.73. The molecule has 0 aliphatic rings. The van der Waals surface area contributed by atoms with Crippen LogP contribution in [0.5, 0.6) is 0 Å². The average Bonchev–Trinajstić information content (AvgIpc) is 1.27. The van der Waals surface area contributed by atoms with Gasteiger partial charge in [0.05, 0.1) is 6.04 Å². The van der Waals surface area contributed by atoms with Gasteiger partial charge in [-0.2, -0.15) is 0 Å². The first-order valence-corrected chi connectivity index (χ1v) is 2.96. The molecular formula is C6H16N+. The lowest BCUT2D eigenvalue weighted by Crippen LogP contribution is -2.59. The monoisotopic (exact) mass is 102 g/mol. The van der Waals surface area contributed by atoms with Crippen LogP contribution in [0.4, 0.5) is 0 Å². The summed E-state index contributed by atoms with van der Waals surface area (Å²) < 4.78 is 0. The molecule has 0 bridgehead atoms. The van der Waals surface area contributed by atoms with Gasteiger partial charge in [-0.1, -0.05) is 13.8 Å². The van der Waals surface area contributed by atoms with E-state index in [4.69, 9.17) is 0 Å². The molecule has 0 rings (SSSR count). The molecule has 3 N–H and O–H groups in total. The molecular weight excluding hydrogens is 86.1 g/mol. The van der Waals surface area contributed by atoms with Crippen LogP contribution in [-0.2, 0) is 0 Å². The topological polar surface area (TPSA) is 27.6 Å². The molecule has 0 radical (unpaired) electrons. The minimum Gasteiger partial charge on any atom is -0.355 e. The summed E-state index contributed by atoms with van der Waals surface area (Å²) in [5, 5.41) is 0. The number of hydrogen-bond acceptors (Lipinski definition) is 0. The third kappa shape index (κ3) is 5.96. The Morgan fingerprint density at radius 3 is 1.71 bits per heavy atom. The molecule has 1 atom stereocenters. The van der Waals surface area contributed by atoms with Crippen molar-refractivity contribution in [3.05, 3.63) is 0 Å².